The number of nitro groups is 1. The molecule has 0 atom stereocenters. The second-order valence-corrected chi connectivity index (χ2v) is 5.19. The van der Waals surface area contributed by atoms with Crippen LogP contribution in [-0.4, -0.2) is 21.2 Å². The van der Waals surface area contributed by atoms with Crippen LogP contribution in [-0.2, 0) is 0 Å². The molecule has 0 bridgehead atoms. The molecule has 1 aromatic heterocycles. The highest BCUT2D eigenvalue weighted by Gasteiger charge is 2.26. The monoisotopic (exact) mass is 254 g/mol. The summed E-state index contributed by atoms with van der Waals surface area (Å²) >= 11 is 0. The standard InChI is InChI=1S/C12H22N4O2/c1-8(2)6-7-13-12-11(16(17)18)10(5)14-15(12)9(3)4/h8-9,13H,6-7H2,1-5H3. The summed E-state index contributed by atoms with van der Waals surface area (Å²) in [5.74, 6) is 1.08. The zero-order chi connectivity index (χ0) is 13.9. The lowest BCUT2D eigenvalue weighted by Gasteiger charge is -2.12. The number of nitrogens with one attached hydrogen (secondary N) is 1. The minimum atomic E-state index is -0.362. The molecule has 0 unspecified atom stereocenters. The Labute approximate surface area is 108 Å². The van der Waals surface area contributed by atoms with Gasteiger partial charge in [-0.2, -0.15) is 5.10 Å². The van der Waals surface area contributed by atoms with E-state index >= 15 is 0 Å². The summed E-state index contributed by atoms with van der Waals surface area (Å²) in [6, 6.07) is 0.0962. The highest BCUT2D eigenvalue weighted by atomic mass is 16.6. The lowest BCUT2D eigenvalue weighted by atomic mass is 10.1. The molecule has 0 saturated carbocycles. The molecule has 0 fully saturated rings. The maximum atomic E-state index is 11.1. The highest BCUT2D eigenvalue weighted by Crippen LogP contribution is 2.30. The van der Waals surface area contributed by atoms with E-state index in [4.69, 9.17) is 0 Å². The normalized spacial score (nSPS) is 11.3. The molecule has 0 saturated heterocycles. The molecule has 0 aromatic carbocycles. The zero-order valence-electron chi connectivity index (χ0n) is 11.7. The number of hydrogen-bond donors (Lipinski definition) is 1. The number of aromatic nitrogens is 2. The third-order valence-corrected chi connectivity index (χ3v) is 2.74. The summed E-state index contributed by atoms with van der Waals surface area (Å²) in [4.78, 5) is 10.7. The second kappa shape index (κ2) is 5.84. The van der Waals surface area contributed by atoms with Crippen LogP contribution in [0, 0.1) is 23.0 Å². The molecule has 0 aliphatic heterocycles. The topological polar surface area (TPSA) is 73.0 Å². The van der Waals surface area contributed by atoms with Gasteiger partial charge in [0.1, 0.15) is 5.69 Å². The van der Waals surface area contributed by atoms with Crippen molar-refractivity contribution in [3.63, 3.8) is 0 Å². The van der Waals surface area contributed by atoms with E-state index in [0.717, 1.165) is 13.0 Å². The second-order valence-electron chi connectivity index (χ2n) is 5.19. The highest BCUT2D eigenvalue weighted by molar-refractivity contribution is 5.59. The Balaban J connectivity index is 3.01. The Morgan fingerprint density at radius 2 is 2.00 bits per heavy atom. The van der Waals surface area contributed by atoms with Crippen LogP contribution in [0.4, 0.5) is 11.5 Å². The average molecular weight is 254 g/mol. The summed E-state index contributed by atoms with van der Waals surface area (Å²) in [6.45, 7) is 10.6. The summed E-state index contributed by atoms with van der Waals surface area (Å²) in [7, 11) is 0. The van der Waals surface area contributed by atoms with E-state index in [9.17, 15) is 10.1 Å². The molecule has 0 spiro atoms. The van der Waals surface area contributed by atoms with E-state index in [-0.39, 0.29) is 16.7 Å². The van der Waals surface area contributed by atoms with Crippen molar-refractivity contribution in [2.45, 2.75) is 47.1 Å². The molecule has 102 valence electrons. The van der Waals surface area contributed by atoms with Crippen LogP contribution in [0.25, 0.3) is 0 Å². The van der Waals surface area contributed by atoms with Gasteiger partial charge in [0, 0.05) is 12.6 Å². The van der Waals surface area contributed by atoms with E-state index in [1.807, 2.05) is 13.8 Å². The van der Waals surface area contributed by atoms with Crippen molar-refractivity contribution >= 4 is 11.5 Å². The van der Waals surface area contributed by atoms with Crippen LogP contribution in [0.15, 0.2) is 0 Å². The Hall–Kier alpha value is -1.59. The van der Waals surface area contributed by atoms with Gasteiger partial charge >= 0.3 is 5.69 Å². The van der Waals surface area contributed by atoms with Gasteiger partial charge in [0.25, 0.3) is 0 Å². The van der Waals surface area contributed by atoms with Crippen LogP contribution in [0.1, 0.15) is 45.9 Å². The average Bonchev–Trinajstić information content (AvgIpc) is 2.55. The van der Waals surface area contributed by atoms with Gasteiger partial charge in [-0.25, -0.2) is 4.68 Å². The van der Waals surface area contributed by atoms with Crippen molar-refractivity contribution in [1.29, 1.82) is 0 Å². The number of hydrogen-bond acceptors (Lipinski definition) is 4. The van der Waals surface area contributed by atoms with Gasteiger partial charge in [0.2, 0.25) is 5.82 Å². The first-order chi connectivity index (χ1) is 8.34. The van der Waals surface area contributed by atoms with Crippen LogP contribution >= 0.6 is 0 Å². The molecule has 0 amide bonds. The summed E-state index contributed by atoms with van der Waals surface area (Å²) in [5.41, 5.74) is 0.549. The number of anilines is 1. The van der Waals surface area contributed by atoms with Crippen molar-refractivity contribution < 1.29 is 4.92 Å². The van der Waals surface area contributed by atoms with Crippen LogP contribution in [0.3, 0.4) is 0 Å². The Bertz CT molecular complexity index is 424. The molecule has 1 heterocycles. The van der Waals surface area contributed by atoms with E-state index in [1.165, 1.54) is 0 Å². The molecular formula is C12H22N4O2. The third kappa shape index (κ3) is 3.21. The lowest BCUT2D eigenvalue weighted by molar-refractivity contribution is -0.384. The fourth-order valence-electron chi connectivity index (χ4n) is 1.78. The first-order valence-electron chi connectivity index (χ1n) is 6.32. The fraction of sp³-hybridized carbons (Fsp3) is 0.750. The first-order valence-corrected chi connectivity index (χ1v) is 6.32. The molecule has 1 N–H and O–H groups in total. The molecule has 1 aromatic rings. The summed E-state index contributed by atoms with van der Waals surface area (Å²) < 4.78 is 1.69. The molecule has 6 heteroatoms. The predicted octanol–water partition coefficient (Wildman–Crippen LogP) is 3.14. The van der Waals surface area contributed by atoms with E-state index in [2.05, 4.69) is 24.3 Å². The molecular weight excluding hydrogens is 232 g/mol. The summed E-state index contributed by atoms with van der Waals surface area (Å²) in [6.07, 6.45) is 0.972. The smallest absolute Gasteiger partial charge is 0.333 e. The van der Waals surface area contributed by atoms with Crippen molar-refractivity contribution in [2.24, 2.45) is 5.92 Å². The van der Waals surface area contributed by atoms with Crippen LogP contribution < -0.4 is 5.32 Å². The van der Waals surface area contributed by atoms with E-state index < -0.39 is 0 Å². The third-order valence-electron chi connectivity index (χ3n) is 2.74. The Morgan fingerprint density at radius 1 is 1.39 bits per heavy atom. The molecule has 0 aliphatic carbocycles. The number of rotatable bonds is 6. The largest absolute Gasteiger partial charge is 0.365 e. The fourth-order valence-corrected chi connectivity index (χ4v) is 1.78. The lowest BCUT2D eigenvalue weighted by Crippen LogP contribution is -2.13. The molecule has 6 nitrogen and oxygen atoms in total. The van der Waals surface area contributed by atoms with Gasteiger partial charge in [0.15, 0.2) is 0 Å². The predicted molar refractivity (Wildman–Crippen MR) is 71.9 cm³/mol. The SMILES string of the molecule is Cc1nn(C(C)C)c(NCCC(C)C)c1[N+](=O)[O-]. The molecule has 0 aliphatic rings. The zero-order valence-corrected chi connectivity index (χ0v) is 11.7. The van der Waals surface area contributed by atoms with Crippen molar-refractivity contribution in [2.75, 3.05) is 11.9 Å². The van der Waals surface area contributed by atoms with Crippen molar-refractivity contribution in [1.82, 2.24) is 9.78 Å². The molecule has 0 radical (unpaired) electrons. The Kier molecular flexibility index (Phi) is 4.69. The van der Waals surface area contributed by atoms with E-state index in [0.29, 0.717) is 17.4 Å². The maximum absolute atomic E-state index is 11.1. The maximum Gasteiger partial charge on any atom is 0.333 e. The minimum Gasteiger partial charge on any atom is -0.365 e. The van der Waals surface area contributed by atoms with Gasteiger partial charge in [-0.15, -0.1) is 0 Å². The van der Waals surface area contributed by atoms with Gasteiger partial charge in [0.05, 0.1) is 4.92 Å². The van der Waals surface area contributed by atoms with Crippen LogP contribution in [0.5, 0.6) is 0 Å². The quantitative estimate of drug-likeness (QED) is 0.625. The number of nitrogens with zero attached hydrogens (tertiary/aromatic N) is 3. The van der Waals surface area contributed by atoms with Gasteiger partial charge < -0.3 is 5.32 Å². The van der Waals surface area contributed by atoms with E-state index in [1.54, 1.807) is 11.6 Å². The van der Waals surface area contributed by atoms with Gasteiger partial charge in [-0.05, 0) is 33.1 Å². The molecule has 18 heavy (non-hydrogen) atoms. The number of aryl methyl sites for hydroxylation is 1. The van der Waals surface area contributed by atoms with Crippen LogP contribution in [0.2, 0.25) is 0 Å². The first kappa shape index (κ1) is 14.5. The molecule has 1 rings (SSSR count). The summed E-state index contributed by atoms with van der Waals surface area (Å²) in [5, 5.41) is 18.5. The van der Waals surface area contributed by atoms with Crippen molar-refractivity contribution in [3.8, 4) is 0 Å². The van der Waals surface area contributed by atoms with Gasteiger partial charge in [-0.3, -0.25) is 10.1 Å². The minimum absolute atomic E-state index is 0.0902. The van der Waals surface area contributed by atoms with Gasteiger partial charge in [-0.1, -0.05) is 13.8 Å². The van der Waals surface area contributed by atoms with Crippen molar-refractivity contribution in [3.05, 3.63) is 15.8 Å². The Morgan fingerprint density at radius 3 is 2.44 bits per heavy atom.